The Morgan fingerprint density at radius 2 is 1.79 bits per heavy atom. The molecule has 0 unspecified atom stereocenters. The summed E-state index contributed by atoms with van der Waals surface area (Å²) >= 11 is 1.42. The van der Waals surface area contributed by atoms with Crippen molar-refractivity contribution in [3.05, 3.63) is 87.4 Å². The van der Waals surface area contributed by atoms with E-state index < -0.39 is 0 Å². The lowest BCUT2D eigenvalue weighted by molar-refractivity contribution is 1.05. The van der Waals surface area contributed by atoms with E-state index in [1.807, 2.05) is 62.8 Å². The lowest BCUT2D eigenvalue weighted by atomic mass is 10.2. The Labute approximate surface area is 165 Å². The zero-order valence-electron chi connectivity index (χ0n) is 15.5. The van der Waals surface area contributed by atoms with Crippen LogP contribution in [-0.4, -0.2) is 28.0 Å². The smallest absolute Gasteiger partial charge is 0.275 e. The molecule has 28 heavy (non-hydrogen) atoms. The summed E-state index contributed by atoms with van der Waals surface area (Å²) in [6.07, 6.45) is 3.95. The van der Waals surface area contributed by atoms with Crippen LogP contribution in [-0.2, 0) is 0 Å². The molecule has 0 spiro atoms. The number of para-hydroxylation sites is 2. The Kier molecular flexibility index (Phi) is 3.80. The van der Waals surface area contributed by atoms with Crippen LogP contribution in [0.3, 0.4) is 0 Å². The van der Waals surface area contributed by atoms with Crippen LogP contribution < -0.4 is 15.0 Å². The number of hydrogen-bond acceptors (Lipinski definition) is 4. The van der Waals surface area contributed by atoms with Crippen molar-refractivity contribution in [1.82, 2.24) is 14.0 Å². The van der Waals surface area contributed by atoms with E-state index >= 15 is 0 Å². The third kappa shape index (κ3) is 2.61. The summed E-state index contributed by atoms with van der Waals surface area (Å²) < 4.78 is 4.46. The molecule has 6 heteroatoms. The number of hydrogen-bond donors (Lipinski definition) is 0. The predicted octanol–water partition coefficient (Wildman–Crippen LogP) is 3.31. The molecular weight excluding hydrogens is 368 g/mol. The molecule has 5 aromatic rings. The van der Waals surface area contributed by atoms with Gasteiger partial charge in [-0.3, -0.25) is 4.79 Å². The van der Waals surface area contributed by atoms with Gasteiger partial charge in [-0.15, -0.1) is 0 Å². The number of anilines is 1. The Bertz CT molecular complexity index is 1410. The van der Waals surface area contributed by atoms with Gasteiger partial charge >= 0.3 is 0 Å². The van der Waals surface area contributed by atoms with Gasteiger partial charge < -0.3 is 9.47 Å². The van der Waals surface area contributed by atoms with Gasteiger partial charge in [0.1, 0.15) is 0 Å². The lowest BCUT2D eigenvalue weighted by Gasteiger charge is -2.13. The molecule has 0 saturated heterocycles. The van der Waals surface area contributed by atoms with Crippen LogP contribution in [0, 0.1) is 0 Å². The van der Waals surface area contributed by atoms with Crippen molar-refractivity contribution in [3.8, 4) is 5.69 Å². The Morgan fingerprint density at radius 1 is 1.00 bits per heavy atom. The SMILES string of the molecule is CN(C)c1ccc(-n2cccc2/C=c2\sc3nc4ccccc4n3c2=O)cc1. The number of rotatable bonds is 3. The van der Waals surface area contributed by atoms with Crippen LogP contribution >= 0.6 is 11.3 Å². The molecule has 0 radical (unpaired) electrons. The fraction of sp³-hybridized carbons (Fsp3) is 0.0909. The molecular formula is C22H18N4OS. The first-order valence-electron chi connectivity index (χ1n) is 8.99. The monoisotopic (exact) mass is 386 g/mol. The summed E-state index contributed by atoms with van der Waals surface area (Å²) in [4.78, 5) is 20.4. The Morgan fingerprint density at radius 3 is 2.57 bits per heavy atom. The standard InChI is InChI=1S/C22H18N4OS/c1-24(2)15-9-11-16(12-10-15)25-13-5-6-17(25)14-20-21(27)26-19-8-4-3-7-18(19)23-22(26)28-20/h3-14H,1-2H3/b20-14-. The highest BCUT2D eigenvalue weighted by atomic mass is 32.1. The lowest BCUT2D eigenvalue weighted by Crippen LogP contribution is -2.23. The van der Waals surface area contributed by atoms with E-state index in [1.54, 1.807) is 4.40 Å². The van der Waals surface area contributed by atoms with Crippen LogP contribution in [0.5, 0.6) is 0 Å². The summed E-state index contributed by atoms with van der Waals surface area (Å²) in [7, 11) is 4.05. The molecule has 0 amide bonds. The largest absolute Gasteiger partial charge is 0.378 e. The molecule has 0 N–H and O–H groups in total. The van der Waals surface area contributed by atoms with Crippen molar-refractivity contribution in [2.24, 2.45) is 0 Å². The second-order valence-electron chi connectivity index (χ2n) is 6.85. The van der Waals surface area contributed by atoms with Gasteiger partial charge in [-0.25, -0.2) is 9.38 Å². The van der Waals surface area contributed by atoms with Gasteiger partial charge in [0.15, 0.2) is 4.96 Å². The average Bonchev–Trinajstić information content (AvgIpc) is 3.38. The van der Waals surface area contributed by atoms with Crippen LogP contribution in [0.4, 0.5) is 5.69 Å². The van der Waals surface area contributed by atoms with Crippen molar-refractivity contribution in [2.45, 2.75) is 0 Å². The summed E-state index contributed by atoms with van der Waals surface area (Å²) in [5, 5.41) is 0. The molecule has 0 aliphatic rings. The maximum absolute atomic E-state index is 13.0. The first-order valence-corrected chi connectivity index (χ1v) is 9.80. The minimum atomic E-state index is -0.0237. The second kappa shape index (κ2) is 6.35. The molecule has 0 saturated carbocycles. The third-order valence-electron chi connectivity index (χ3n) is 4.85. The minimum Gasteiger partial charge on any atom is -0.378 e. The second-order valence-corrected chi connectivity index (χ2v) is 7.86. The molecule has 3 aromatic heterocycles. The molecule has 0 atom stereocenters. The summed E-state index contributed by atoms with van der Waals surface area (Å²) in [5.41, 5.74) is 4.85. The molecule has 0 aliphatic carbocycles. The van der Waals surface area contributed by atoms with Gasteiger partial charge in [0.25, 0.3) is 5.56 Å². The van der Waals surface area contributed by atoms with Crippen LogP contribution in [0.2, 0.25) is 0 Å². The summed E-state index contributed by atoms with van der Waals surface area (Å²) in [6.45, 7) is 0. The Hall–Kier alpha value is -3.38. The highest BCUT2D eigenvalue weighted by molar-refractivity contribution is 7.15. The van der Waals surface area contributed by atoms with E-state index in [1.165, 1.54) is 11.3 Å². The van der Waals surface area contributed by atoms with Gasteiger partial charge in [-0.1, -0.05) is 23.5 Å². The van der Waals surface area contributed by atoms with Crippen molar-refractivity contribution < 1.29 is 0 Å². The van der Waals surface area contributed by atoms with Gasteiger partial charge in [0.05, 0.1) is 15.6 Å². The van der Waals surface area contributed by atoms with E-state index in [4.69, 9.17) is 0 Å². The van der Waals surface area contributed by atoms with Crippen molar-refractivity contribution >= 4 is 39.1 Å². The summed E-state index contributed by atoms with van der Waals surface area (Å²) in [6, 6.07) is 20.1. The van der Waals surface area contributed by atoms with Gasteiger partial charge in [0.2, 0.25) is 0 Å². The normalized spacial score (nSPS) is 12.3. The number of fused-ring (bicyclic) bond motifs is 3. The van der Waals surface area contributed by atoms with E-state index in [0.717, 1.165) is 33.1 Å². The van der Waals surface area contributed by atoms with Crippen LogP contribution in [0.25, 0.3) is 27.8 Å². The van der Waals surface area contributed by atoms with E-state index in [9.17, 15) is 4.79 Å². The first-order chi connectivity index (χ1) is 13.6. The van der Waals surface area contributed by atoms with Crippen molar-refractivity contribution in [2.75, 3.05) is 19.0 Å². The fourth-order valence-corrected chi connectivity index (χ4v) is 4.38. The topological polar surface area (TPSA) is 42.5 Å². The molecule has 0 aliphatic heterocycles. The van der Waals surface area contributed by atoms with Gasteiger partial charge in [-0.05, 0) is 54.6 Å². The fourth-order valence-electron chi connectivity index (χ4n) is 3.40. The van der Waals surface area contributed by atoms with Crippen LogP contribution in [0.1, 0.15) is 5.69 Å². The number of imidazole rings is 1. The average molecular weight is 386 g/mol. The number of thiazole rings is 1. The van der Waals surface area contributed by atoms with E-state index in [2.05, 4.69) is 38.7 Å². The molecule has 5 rings (SSSR count). The highest BCUT2D eigenvalue weighted by Gasteiger charge is 2.11. The van der Waals surface area contributed by atoms with Crippen molar-refractivity contribution in [1.29, 1.82) is 0 Å². The van der Waals surface area contributed by atoms with Gasteiger partial charge in [0, 0.05) is 37.4 Å². The van der Waals surface area contributed by atoms with Gasteiger partial charge in [-0.2, -0.15) is 0 Å². The molecule has 2 aromatic carbocycles. The third-order valence-corrected chi connectivity index (χ3v) is 5.82. The first kappa shape index (κ1) is 16.8. The van der Waals surface area contributed by atoms with E-state index in [-0.39, 0.29) is 5.56 Å². The van der Waals surface area contributed by atoms with Crippen LogP contribution in [0.15, 0.2) is 71.7 Å². The zero-order valence-corrected chi connectivity index (χ0v) is 16.4. The Balaban J connectivity index is 1.64. The highest BCUT2D eigenvalue weighted by Crippen LogP contribution is 2.19. The number of aromatic nitrogens is 3. The summed E-state index contributed by atoms with van der Waals surface area (Å²) in [5.74, 6) is 0. The minimum absolute atomic E-state index is 0.0237. The quantitative estimate of drug-likeness (QED) is 0.478. The maximum Gasteiger partial charge on any atom is 0.275 e. The zero-order chi connectivity index (χ0) is 19.3. The number of benzene rings is 2. The number of nitrogens with zero attached hydrogens (tertiary/aromatic N) is 4. The predicted molar refractivity (Wildman–Crippen MR) is 116 cm³/mol. The molecule has 138 valence electrons. The van der Waals surface area contributed by atoms with E-state index in [0.29, 0.717) is 4.53 Å². The molecule has 0 fully saturated rings. The van der Waals surface area contributed by atoms with Crippen molar-refractivity contribution in [3.63, 3.8) is 0 Å². The molecule has 3 heterocycles. The maximum atomic E-state index is 13.0. The molecule has 0 bridgehead atoms. The molecule has 5 nitrogen and oxygen atoms in total.